The molecular weight excluding hydrogens is 359 g/mol. The van der Waals surface area contributed by atoms with Gasteiger partial charge in [-0.3, -0.25) is 0 Å². The van der Waals surface area contributed by atoms with Crippen LogP contribution < -0.4 is 5.32 Å². The molecule has 0 amide bonds. The van der Waals surface area contributed by atoms with Gasteiger partial charge in [-0.1, -0.05) is 0 Å². The van der Waals surface area contributed by atoms with Gasteiger partial charge in [0.25, 0.3) is 0 Å². The van der Waals surface area contributed by atoms with Crippen LogP contribution in [0.4, 0.5) is 0 Å². The molecule has 4 heterocycles. The summed E-state index contributed by atoms with van der Waals surface area (Å²) in [5, 5.41) is 3.44. The second-order valence-electron chi connectivity index (χ2n) is 7.55. The highest BCUT2D eigenvalue weighted by molar-refractivity contribution is 5.85. The molecule has 7 heteroatoms. The van der Waals surface area contributed by atoms with Gasteiger partial charge >= 0.3 is 0 Å². The van der Waals surface area contributed by atoms with Gasteiger partial charge in [-0.25, -0.2) is 9.97 Å². The zero-order valence-corrected chi connectivity index (χ0v) is 16.5. The van der Waals surface area contributed by atoms with E-state index in [0.29, 0.717) is 11.8 Å². The van der Waals surface area contributed by atoms with Gasteiger partial charge in [0.1, 0.15) is 5.82 Å². The lowest BCUT2D eigenvalue weighted by atomic mass is 9.90. The van der Waals surface area contributed by atoms with Crippen molar-refractivity contribution >= 4 is 36.0 Å². The molecule has 2 aromatic heterocycles. The van der Waals surface area contributed by atoms with E-state index in [1.165, 1.54) is 18.4 Å². The van der Waals surface area contributed by atoms with Crippen molar-refractivity contribution in [1.82, 2.24) is 20.3 Å². The number of piperidine rings is 1. The normalized spacial score (nSPS) is 23.7. The summed E-state index contributed by atoms with van der Waals surface area (Å²) in [6, 6.07) is 2.17. The Morgan fingerprint density at radius 2 is 1.88 bits per heavy atom. The molecule has 140 valence electrons. The third-order valence-electron chi connectivity index (χ3n) is 5.38. The standard InChI is InChI=1S/C18H26N4O.2ClH/c1-18(2)7-3-13(11-23-18)16-21-15-14(6-10-20-17(15)22-16)12-4-8-19-9-5-12;;/h6,10,12-13,19H,3-5,7-9,11H2,1-2H3,(H,20,21,22);2*1H/t13-;;/m0../s1. The average Bonchev–Trinajstić information content (AvgIpc) is 2.99. The lowest BCUT2D eigenvalue weighted by Gasteiger charge is -2.33. The highest BCUT2D eigenvalue weighted by Gasteiger charge is 2.30. The van der Waals surface area contributed by atoms with Crippen LogP contribution in [0.5, 0.6) is 0 Å². The first-order valence-electron chi connectivity index (χ1n) is 8.81. The van der Waals surface area contributed by atoms with E-state index in [-0.39, 0.29) is 30.4 Å². The van der Waals surface area contributed by atoms with Gasteiger partial charge in [-0.15, -0.1) is 24.8 Å². The van der Waals surface area contributed by atoms with Gasteiger partial charge in [0.2, 0.25) is 0 Å². The molecule has 4 rings (SSSR count). The second kappa shape index (κ2) is 8.21. The molecule has 2 aliphatic heterocycles. The maximum absolute atomic E-state index is 5.99. The molecule has 2 fully saturated rings. The Morgan fingerprint density at radius 3 is 2.56 bits per heavy atom. The summed E-state index contributed by atoms with van der Waals surface area (Å²) in [6.45, 7) is 7.27. The predicted molar refractivity (Wildman–Crippen MR) is 105 cm³/mol. The van der Waals surface area contributed by atoms with Gasteiger partial charge in [0.15, 0.2) is 5.65 Å². The molecule has 2 aliphatic rings. The van der Waals surface area contributed by atoms with E-state index in [4.69, 9.17) is 9.72 Å². The molecule has 1 atom stereocenters. The summed E-state index contributed by atoms with van der Waals surface area (Å²) in [4.78, 5) is 12.8. The fourth-order valence-electron chi connectivity index (χ4n) is 3.83. The molecule has 2 N–H and O–H groups in total. The first-order valence-corrected chi connectivity index (χ1v) is 8.81. The molecule has 2 aromatic rings. The number of H-pyrrole nitrogens is 1. The Balaban J connectivity index is 0.00000113. The van der Waals surface area contributed by atoms with E-state index < -0.39 is 0 Å². The van der Waals surface area contributed by atoms with Crippen LogP contribution >= 0.6 is 24.8 Å². The molecular formula is C18H28Cl2N4O. The van der Waals surface area contributed by atoms with E-state index >= 15 is 0 Å². The van der Waals surface area contributed by atoms with E-state index in [9.17, 15) is 0 Å². The maximum atomic E-state index is 5.99. The predicted octanol–water partition coefficient (Wildman–Crippen LogP) is 3.94. The van der Waals surface area contributed by atoms with Crippen molar-refractivity contribution in [1.29, 1.82) is 0 Å². The van der Waals surface area contributed by atoms with Crippen molar-refractivity contribution in [2.75, 3.05) is 19.7 Å². The highest BCUT2D eigenvalue weighted by Crippen LogP contribution is 2.34. The number of halogens is 2. The van der Waals surface area contributed by atoms with Gasteiger partial charge in [-0.05, 0) is 70.2 Å². The lowest BCUT2D eigenvalue weighted by Crippen LogP contribution is -2.33. The molecule has 0 spiro atoms. The Morgan fingerprint density at radius 1 is 1.12 bits per heavy atom. The van der Waals surface area contributed by atoms with E-state index in [0.717, 1.165) is 49.5 Å². The molecule has 0 aromatic carbocycles. The average molecular weight is 387 g/mol. The van der Waals surface area contributed by atoms with E-state index in [1.807, 2.05) is 6.20 Å². The minimum absolute atomic E-state index is 0. The van der Waals surface area contributed by atoms with Crippen molar-refractivity contribution in [3.63, 3.8) is 0 Å². The zero-order chi connectivity index (χ0) is 15.9. The fraction of sp³-hybridized carbons (Fsp3) is 0.667. The summed E-state index contributed by atoms with van der Waals surface area (Å²) in [6.07, 6.45) is 6.48. The number of hydrogen-bond donors (Lipinski definition) is 2. The maximum Gasteiger partial charge on any atom is 0.177 e. The van der Waals surface area contributed by atoms with Crippen molar-refractivity contribution < 1.29 is 4.74 Å². The summed E-state index contributed by atoms with van der Waals surface area (Å²) < 4.78 is 5.99. The smallest absolute Gasteiger partial charge is 0.177 e. The Kier molecular flexibility index (Phi) is 6.71. The number of nitrogens with zero attached hydrogens (tertiary/aromatic N) is 2. The van der Waals surface area contributed by atoms with Crippen molar-refractivity contribution in [3.05, 3.63) is 23.7 Å². The van der Waals surface area contributed by atoms with Crippen molar-refractivity contribution in [2.24, 2.45) is 0 Å². The lowest BCUT2D eigenvalue weighted by molar-refractivity contribution is -0.0620. The molecule has 0 bridgehead atoms. The van der Waals surface area contributed by atoms with Gasteiger partial charge < -0.3 is 15.0 Å². The minimum Gasteiger partial charge on any atom is -0.375 e. The van der Waals surface area contributed by atoms with Gasteiger partial charge in [0.05, 0.1) is 17.7 Å². The number of ether oxygens (including phenoxy) is 1. The van der Waals surface area contributed by atoms with Crippen LogP contribution in [-0.4, -0.2) is 40.2 Å². The highest BCUT2D eigenvalue weighted by atomic mass is 35.5. The van der Waals surface area contributed by atoms with E-state index in [1.54, 1.807) is 0 Å². The SMILES string of the molecule is CC1(C)CC[C@H](c2nc3nccc(C4CCNCC4)c3[nH]2)CO1.Cl.Cl. The Hall–Kier alpha value is -0.880. The number of pyridine rings is 1. The molecule has 0 radical (unpaired) electrons. The van der Waals surface area contributed by atoms with Crippen LogP contribution in [0.15, 0.2) is 12.3 Å². The first kappa shape index (κ1) is 20.4. The fourth-order valence-corrected chi connectivity index (χ4v) is 3.83. The van der Waals surface area contributed by atoms with Gasteiger partial charge in [-0.2, -0.15) is 0 Å². The minimum atomic E-state index is 0. The molecule has 0 unspecified atom stereocenters. The summed E-state index contributed by atoms with van der Waals surface area (Å²) in [7, 11) is 0. The summed E-state index contributed by atoms with van der Waals surface area (Å²) in [5.74, 6) is 2.01. The summed E-state index contributed by atoms with van der Waals surface area (Å²) >= 11 is 0. The number of aromatic amines is 1. The van der Waals surface area contributed by atoms with Crippen LogP contribution in [0.2, 0.25) is 0 Å². The summed E-state index contributed by atoms with van der Waals surface area (Å²) in [5.41, 5.74) is 3.38. The number of rotatable bonds is 2. The zero-order valence-electron chi connectivity index (χ0n) is 14.9. The number of nitrogens with one attached hydrogen (secondary N) is 2. The molecule has 2 saturated heterocycles. The molecule has 25 heavy (non-hydrogen) atoms. The number of imidazole rings is 1. The molecule has 0 saturated carbocycles. The second-order valence-corrected chi connectivity index (χ2v) is 7.55. The first-order chi connectivity index (χ1) is 11.1. The number of fused-ring (bicyclic) bond motifs is 1. The Bertz CT molecular complexity index is 687. The quantitative estimate of drug-likeness (QED) is 0.819. The van der Waals surface area contributed by atoms with Crippen LogP contribution in [0.3, 0.4) is 0 Å². The van der Waals surface area contributed by atoms with Gasteiger partial charge in [0, 0.05) is 12.1 Å². The number of aromatic nitrogens is 3. The molecule has 5 nitrogen and oxygen atoms in total. The molecule has 0 aliphatic carbocycles. The Labute approximate surface area is 161 Å². The van der Waals surface area contributed by atoms with Crippen LogP contribution in [-0.2, 0) is 4.74 Å². The monoisotopic (exact) mass is 386 g/mol. The topological polar surface area (TPSA) is 62.8 Å². The third-order valence-corrected chi connectivity index (χ3v) is 5.38. The van der Waals surface area contributed by atoms with Crippen LogP contribution in [0.1, 0.15) is 62.8 Å². The van der Waals surface area contributed by atoms with E-state index in [2.05, 4.69) is 35.2 Å². The largest absolute Gasteiger partial charge is 0.375 e. The van der Waals surface area contributed by atoms with Crippen LogP contribution in [0, 0.1) is 0 Å². The van der Waals surface area contributed by atoms with Crippen molar-refractivity contribution in [3.8, 4) is 0 Å². The third kappa shape index (κ3) is 4.27. The van der Waals surface area contributed by atoms with Crippen LogP contribution in [0.25, 0.3) is 11.2 Å². The van der Waals surface area contributed by atoms with Crippen molar-refractivity contribution in [2.45, 2.75) is 57.0 Å². The number of hydrogen-bond acceptors (Lipinski definition) is 4.